The summed E-state index contributed by atoms with van der Waals surface area (Å²) in [6.45, 7) is 10.4. The number of hydrogen-bond acceptors (Lipinski definition) is 1. The third-order valence-electron chi connectivity index (χ3n) is 1.34. The monoisotopic (exact) mass is 165 g/mol. The highest BCUT2D eigenvalue weighted by Gasteiger charge is 2.07. The van der Waals surface area contributed by atoms with Crippen LogP contribution in [0.15, 0.2) is 28.9 Å². The van der Waals surface area contributed by atoms with Crippen molar-refractivity contribution in [2.24, 2.45) is 10.4 Å². The average Bonchev–Trinajstić information content (AvgIpc) is 1.85. The van der Waals surface area contributed by atoms with Crippen LogP contribution >= 0.6 is 0 Å². The van der Waals surface area contributed by atoms with E-state index in [-0.39, 0.29) is 5.41 Å². The van der Waals surface area contributed by atoms with E-state index in [1.165, 1.54) is 5.57 Å². The van der Waals surface area contributed by atoms with Crippen molar-refractivity contribution in [2.75, 3.05) is 0 Å². The fraction of sp³-hybridized carbons (Fsp3) is 0.545. The fourth-order valence-electron chi connectivity index (χ4n) is 0.851. The molecule has 1 nitrogen and oxygen atoms in total. The Kier molecular flexibility index (Phi) is 4.57. The van der Waals surface area contributed by atoms with E-state index in [0.717, 1.165) is 0 Å². The van der Waals surface area contributed by atoms with E-state index in [0.29, 0.717) is 0 Å². The summed E-state index contributed by atoms with van der Waals surface area (Å²) in [7, 11) is 0. The van der Waals surface area contributed by atoms with Crippen molar-refractivity contribution in [3.8, 4) is 0 Å². The summed E-state index contributed by atoms with van der Waals surface area (Å²) in [6, 6.07) is 0. The molecule has 12 heavy (non-hydrogen) atoms. The second-order valence-electron chi connectivity index (χ2n) is 3.81. The number of aliphatic imine (C=N–C) groups is 1. The molecule has 0 saturated carbocycles. The molecule has 0 aliphatic carbocycles. The first-order valence-corrected chi connectivity index (χ1v) is 4.29. The van der Waals surface area contributed by atoms with E-state index in [1.807, 2.05) is 33.2 Å². The van der Waals surface area contributed by atoms with Gasteiger partial charge in [-0.1, -0.05) is 31.6 Å². The number of nitrogens with zero attached hydrogens (tertiary/aromatic N) is 1. The van der Waals surface area contributed by atoms with Gasteiger partial charge in [-0.2, -0.15) is 0 Å². The Morgan fingerprint density at radius 2 is 1.83 bits per heavy atom. The summed E-state index contributed by atoms with van der Waals surface area (Å²) in [4.78, 5) is 4.22. The minimum Gasteiger partial charge on any atom is -0.268 e. The Hall–Kier alpha value is -0.850. The van der Waals surface area contributed by atoms with Gasteiger partial charge in [-0.05, 0) is 20.8 Å². The van der Waals surface area contributed by atoms with Gasteiger partial charge in [0.15, 0.2) is 0 Å². The first kappa shape index (κ1) is 11.2. The summed E-state index contributed by atoms with van der Waals surface area (Å²) >= 11 is 0. The smallest absolute Gasteiger partial charge is 0.0250 e. The van der Waals surface area contributed by atoms with Gasteiger partial charge in [0.05, 0.1) is 0 Å². The topological polar surface area (TPSA) is 12.4 Å². The molecule has 0 radical (unpaired) electrons. The lowest BCUT2D eigenvalue weighted by Gasteiger charge is -2.11. The molecule has 0 atom stereocenters. The molecule has 0 bridgehead atoms. The third kappa shape index (κ3) is 5.90. The predicted molar refractivity (Wildman–Crippen MR) is 56.5 cm³/mol. The summed E-state index contributed by atoms with van der Waals surface area (Å²) < 4.78 is 0. The summed E-state index contributed by atoms with van der Waals surface area (Å²) in [6.07, 6.45) is 8.02. The molecule has 0 spiro atoms. The molecule has 0 fully saturated rings. The maximum Gasteiger partial charge on any atom is 0.0250 e. The highest BCUT2D eigenvalue weighted by molar-refractivity contribution is 5.68. The van der Waals surface area contributed by atoms with Gasteiger partial charge in [-0.15, -0.1) is 0 Å². The van der Waals surface area contributed by atoms with E-state index in [2.05, 4.69) is 31.0 Å². The van der Waals surface area contributed by atoms with Gasteiger partial charge in [0.25, 0.3) is 0 Å². The lowest BCUT2D eigenvalue weighted by atomic mass is 9.95. The minimum atomic E-state index is 0.0701. The van der Waals surface area contributed by atoms with Crippen molar-refractivity contribution < 1.29 is 0 Å². The molecule has 0 aromatic carbocycles. The lowest BCUT2D eigenvalue weighted by molar-refractivity contribution is 0.692. The largest absolute Gasteiger partial charge is 0.268 e. The normalized spacial score (nSPS) is 12.8. The van der Waals surface area contributed by atoms with Crippen LogP contribution in [0.25, 0.3) is 0 Å². The van der Waals surface area contributed by atoms with E-state index in [9.17, 15) is 0 Å². The fourth-order valence-corrected chi connectivity index (χ4v) is 0.851. The van der Waals surface area contributed by atoms with Crippen LogP contribution in [0.4, 0.5) is 0 Å². The molecular weight excluding hydrogens is 146 g/mol. The van der Waals surface area contributed by atoms with Crippen LogP contribution in [0.1, 0.15) is 34.6 Å². The summed E-state index contributed by atoms with van der Waals surface area (Å²) in [5.74, 6) is 0. The van der Waals surface area contributed by atoms with Gasteiger partial charge in [0.2, 0.25) is 0 Å². The predicted octanol–water partition coefficient (Wildman–Crippen LogP) is 3.58. The van der Waals surface area contributed by atoms with Crippen molar-refractivity contribution in [2.45, 2.75) is 34.6 Å². The quantitative estimate of drug-likeness (QED) is 0.447. The molecule has 0 aromatic rings. The Morgan fingerprint density at radius 3 is 2.25 bits per heavy atom. The van der Waals surface area contributed by atoms with Crippen LogP contribution < -0.4 is 0 Å². The highest BCUT2D eigenvalue weighted by atomic mass is 14.7. The second kappa shape index (κ2) is 4.91. The molecule has 0 aliphatic heterocycles. The van der Waals surface area contributed by atoms with E-state index < -0.39 is 0 Å². The lowest BCUT2D eigenvalue weighted by Crippen LogP contribution is -2.08. The van der Waals surface area contributed by atoms with E-state index in [4.69, 9.17) is 0 Å². The van der Waals surface area contributed by atoms with Crippen LogP contribution in [0, 0.1) is 5.41 Å². The van der Waals surface area contributed by atoms with E-state index >= 15 is 0 Å². The minimum absolute atomic E-state index is 0.0701. The van der Waals surface area contributed by atoms with Gasteiger partial charge < -0.3 is 0 Å². The molecule has 0 heterocycles. The van der Waals surface area contributed by atoms with Crippen LogP contribution in [0.2, 0.25) is 0 Å². The maximum atomic E-state index is 4.22. The highest BCUT2D eigenvalue weighted by Crippen LogP contribution is 2.13. The summed E-state index contributed by atoms with van der Waals surface area (Å²) in [5.41, 5.74) is 1.29. The Morgan fingerprint density at radius 1 is 1.25 bits per heavy atom. The molecule has 0 N–H and O–H groups in total. The van der Waals surface area contributed by atoms with Crippen LogP contribution in [-0.4, -0.2) is 6.21 Å². The zero-order chi connectivity index (χ0) is 9.61. The van der Waals surface area contributed by atoms with Crippen LogP contribution in [-0.2, 0) is 0 Å². The molecule has 0 rings (SSSR count). The molecule has 0 unspecified atom stereocenters. The first-order chi connectivity index (χ1) is 5.48. The van der Waals surface area contributed by atoms with Crippen molar-refractivity contribution in [1.82, 2.24) is 0 Å². The van der Waals surface area contributed by atoms with Crippen molar-refractivity contribution >= 4 is 6.21 Å². The molecule has 1 heteroatoms. The molecule has 0 amide bonds. The average molecular weight is 165 g/mol. The van der Waals surface area contributed by atoms with E-state index in [1.54, 1.807) is 0 Å². The number of allylic oxidation sites excluding steroid dienone is 3. The standard InChI is InChI=1S/C11H19N/c1-6-7-11(4,5)9-12-8-10(2)3/h6-9H,1-5H3/b7-6-,12-9?. The third-order valence-corrected chi connectivity index (χ3v) is 1.34. The van der Waals surface area contributed by atoms with Crippen molar-refractivity contribution in [3.05, 3.63) is 23.9 Å². The first-order valence-electron chi connectivity index (χ1n) is 4.29. The summed E-state index contributed by atoms with van der Waals surface area (Å²) in [5, 5.41) is 0. The SMILES string of the molecule is C/C=C\C(C)(C)C=NC=C(C)C. The zero-order valence-corrected chi connectivity index (χ0v) is 8.76. The Balaban J connectivity index is 4.23. The van der Waals surface area contributed by atoms with Gasteiger partial charge in [0, 0.05) is 17.8 Å². The second-order valence-corrected chi connectivity index (χ2v) is 3.81. The van der Waals surface area contributed by atoms with Gasteiger partial charge in [-0.25, -0.2) is 0 Å². The van der Waals surface area contributed by atoms with Gasteiger partial charge in [0.1, 0.15) is 0 Å². The van der Waals surface area contributed by atoms with Crippen molar-refractivity contribution in [1.29, 1.82) is 0 Å². The molecule has 0 aliphatic rings. The van der Waals surface area contributed by atoms with Gasteiger partial charge in [-0.3, -0.25) is 4.99 Å². The van der Waals surface area contributed by atoms with Crippen LogP contribution in [0.5, 0.6) is 0 Å². The van der Waals surface area contributed by atoms with Gasteiger partial charge >= 0.3 is 0 Å². The molecule has 68 valence electrons. The molecular formula is C11H19N. The molecule has 0 aromatic heterocycles. The Labute approximate surface area is 75.9 Å². The van der Waals surface area contributed by atoms with Crippen LogP contribution in [0.3, 0.4) is 0 Å². The zero-order valence-electron chi connectivity index (χ0n) is 8.76. The number of rotatable bonds is 3. The Bertz CT molecular complexity index is 203. The maximum absolute atomic E-state index is 4.22. The van der Waals surface area contributed by atoms with Crippen molar-refractivity contribution in [3.63, 3.8) is 0 Å². The molecule has 0 saturated heterocycles. The number of hydrogen-bond donors (Lipinski definition) is 0.